The van der Waals surface area contributed by atoms with Gasteiger partial charge in [0, 0.05) is 30.7 Å². The number of carbonyl (C=O) groups is 4. The van der Waals surface area contributed by atoms with Crippen LogP contribution in [0.5, 0.6) is 5.75 Å². The summed E-state index contributed by atoms with van der Waals surface area (Å²) in [6, 6.07) is 10.1. The first kappa shape index (κ1) is 24.1. The normalized spacial score (nSPS) is 18.4. The summed E-state index contributed by atoms with van der Waals surface area (Å²) in [4.78, 5) is 64.2. The number of imide groups is 1. The Kier molecular flexibility index (Phi) is 6.90. The van der Waals surface area contributed by atoms with Crippen LogP contribution in [0.25, 0.3) is 0 Å². The van der Waals surface area contributed by atoms with Crippen LogP contribution in [0.3, 0.4) is 0 Å². The standard InChI is InChI=1S/C25H25N3O7/c1-16(29)35-21-13-11-19(12-14-21)27-23(30)15-22(25(27)32)26(18-5-3-2-4-6-18)24(31)17-7-9-20(10-8-17)28(33)34/h7-14,18,22H,2-6,15H2,1H3. The number of hydrogen-bond acceptors (Lipinski definition) is 7. The van der Waals surface area contributed by atoms with E-state index in [0.29, 0.717) is 18.5 Å². The molecule has 1 aliphatic heterocycles. The lowest BCUT2D eigenvalue weighted by Crippen LogP contribution is -2.51. The van der Waals surface area contributed by atoms with Crippen molar-refractivity contribution in [3.63, 3.8) is 0 Å². The zero-order valence-electron chi connectivity index (χ0n) is 19.2. The third-order valence-corrected chi connectivity index (χ3v) is 6.34. The van der Waals surface area contributed by atoms with Gasteiger partial charge in [-0.3, -0.25) is 29.3 Å². The number of rotatable bonds is 6. The molecule has 0 radical (unpaired) electrons. The number of non-ortho nitro benzene ring substituents is 1. The minimum absolute atomic E-state index is 0.138. The molecular weight excluding hydrogens is 454 g/mol. The van der Waals surface area contributed by atoms with Crippen LogP contribution in [0.2, 0.25) is 0 Å². The Morgan fingerprint density at radius 2 is 1.63 bits per heavy atom. The summed E-state index contributed by atoms with van der Waals surface area (Å²) in [5, 5.41) is 11.0. The highest BCUT2D eigenvalue weighted by Crippen LogP contribution is 2.33. The largest absolute Gasteiger partial charge is 0.427 e. The Labute approximate surface area is 201 Å². The first-order valence-corrected chi connectivity index (χ1v) is 11.5. The van der Waals surface area contributed by atoms with Crippen molar-refractivity contribution in [2.24, 2.45) is 0 Å². The van der Waals surface area contributed by atoms with E-state index in [-0.39, 0.29) is 29.5 Å². The van der Waals surface area contributed by atoms with Gasteiger partial charge in [-0.15, -0.1) is 0 Å². The maximum atomic E-state index is 13.6. The van der Waals surface area contributed by atoms with Gasteiger partial charge in [0.15, 0.2) is 0 Å². The summed E-state index contributed by atoms with van der Waals surface area (Å²) in [5.74, 6) is -1.56. The van der Waals surface area contributed by atoms with Crippen LogP contribution in [0.4, 0.5) is 11.4 Å². The van der Waals surface area contributed by atoms with Gasteiger partial charge in [-0.05, 0) is 49.2 Å². The SMILES string of the molecule is CC(=O)Oc1ccc(N2C(=O)CC(N(C(=O)c3ccc([N+](=O)[O-])cc3)C3CCCCC3)C2=O)cc1. The fraction of sp³-hybridized carbons (Fsp3) is 0.360. The Hall–Kier alpha value is -4.08. The second kappa shape index (κ2) is 10.0. The van der Waals surface area contributed by atoms with E-state index < -0.39 is 34.7 Å². The summed E-state index contributed by atoms with van der Waals surface area (Å²) in [5.41, 5.74) is 0.414. The molecule has 2 fully saturated rings. The molecule has 1 heterocycles. The number of benzene rings is 2. The number of hydrogen-bond donors (Lipinski definition) is 0. The number of anilines is 1. The highest BCUT2D eigenvalue weighted by atomic mass is 16.6. The van der Waals surface area contributed by atoms with Crippen molar-refractivity contribution < 1.29 is 28.8 Å². The molecular formula is C25H25N3O7. The molecule has 2 aliphatic rings. The minimum atomic E-state index is -0.971. The molecule has 35 heavy (non-hydrogen) atoms. The highest BCUT2D eigenvalue weighted by molar-refractivity contribution is 6.23. The van der Waals surface area contributed by atoms with Gasteiger partial charge in [-0.2, -0.15) is 0 Å². The molecule has 182 valence electrons. The molecule has 3 amide bonds. The predicted molar refractivity (Wildman–Crippen MR) is 125 cm³/mol. The van der Waals surface area contributed by atoms with Crippen LogP contribution >= 0.6 is 0 Å². The van der Waals surface area contributed by atoms with Crippen LogP contribution < -0.4 is 9.64 Å². The molecule has 2 aromatic rings. The number of carbonyl (C=O) groups excluding carboxylic acids is 4. The lowest BCUT2D eigenvalue weighted by atomic mass is 9.92. The van der Waals surface area contributed by atoms with Crippen LogP contribution in [0.15, 0.2) is 48.5 Å². The second-order valence-corrected chi connectivity index (χ2v) is 8.68. The Morgan fingerprint density at radius 3 is 2.20 bits per heavy atom. The average molecular weight is 479 g/mol. The van der Waals surface area contributed by atoms with E-state index in [1.54, 1.807) is 0 Å². The van der Waals surface area contributed by atoms with E-state index in [1.807, 2.05) is 0 Å². The van der Waals surface area contributed by atoms with Gasteiger partial charge in [-0.25, -0.2) is 4.90 Å². The molecule has 1 atom stereocenters. The number of ether oxygens (including phenoxy) is 1. The molecule has 10 heteroatoms. The van der Waals surface area contributed by atoms with Crippen molar-refractivity contribution in [2.75, 3.05) is 4.90 Å². The summed E-state index contributed by atoms with van der Waals surface area (Å²) < 4.78 is 5.01. The molecule has 4 rings (SSSR count). The van der Waals surface area contributed by atoms with Crippen molar-refractivity contribution in [1.29, 1.82) is 0 Å². The molecule has 2 aromatic carbocycles. The van der Waals surface area contributed by atoms with Crippen molar-refractivity contribution in [3.05, 3.63) is 64.2 Å². The first-order chi connectivity index (χ1) is 16.8. The van der Waals surface area contributed by atoms with Gasteiger partial charge >= 0.3 is 5.97 Å². The second-order valence-electron chi connectivity index (χ2n) is 8.68. The Balaban J connectivity index is 1.62. The van der Waals surface area contributed by atoms with Gasteiger partial charge in [0.1, 0.15) is 11.8 Å². The zero-order chi connectivity index (χ0) is 25.1. The molecule has 0 N–H and O–H groups in total. The van der Waals surface area contributed by atoms with Gasteiger partial charge in [0.2, 0.25) is 5.91 Å². The summed E-state index contributed by atoms with van der Waals surface area (Å²) >= 11 is 0. The molecule has 0 bridgehead atoms. The summed E-state index contributed by atoms with van der Waals surface area (Å²) in [6.07, 6.45) is 4.13. The predicted octanol–water partition coefficient (Wildman–Crippen LogP) is 3.63. The monoisotopic (exact) mass is 479 g/mol. The van der Waals surface area contributed by atoms with Crippen LogP contribution in [0, 0.1) is 10.1 Å². The summed E-state index contributed by atoms with van der Waals surface area (Å²) in [7, 11) is 0. The molecule has 1 aliphatic carbocycles. The van der Waals surface area contributed by atoms with Gasteiger partial charge < -0.3 is 9.64 Å². The average Bonchev–Trinajstić information content (AvgIpc) is 3.13. The molecule has 1 unspecified atom stereocenters. The third kappa shape index (κ3) is 5.06. The number of esters is 1. The van der Waals surface area contributed by atoms with Crippen molar-refractivity contribution in [2.45, 2.75) is 57.5 Å². The lowest BCUT2D eigenvalue weighted by Gasteiger charge is -2.37. The topological polar surface area (TPSA) is 127 Å². The van der Waals surface area contributed by atoms with Crippen LogP contribution in [-0.4, -0.2) is 45.6 Å². The van der Waals surface area contributed by atoms with E-state index in [9.17, 15) is 29.3 Å². The summed E-state index contributed by atoms with van der Waals surface area (Å²) in [6.45, 7) is 1.27. The molecule has 1 saturated carbocycles. The van der Waals surface area contributed by atoms with E-state index in [0.717, 1.165) is 24.2 Å². The van der Waals surface area contributed by atoms with Gasteiger partial charge in [0.05, 0.1) is 17.0 Å². The maximum Gasteiger partial charge on any atom is 0.308 e. The van der Waals surface area contributed by atoms with E-state index in [2.05, 4.69) is 0 Å². The maximum absolute atomic E-state index is 13.6. The van der Waals surface area contributed by atoms with Crippen molar-refractivity contribution >= 4 is 35.1 Å². The van der Waals surface area contributed by atoms with Gasteiger partial charge in [0.25, 0.3) is 17.5 Å². The molecule has 0 spiro atoms. The van der Waals surface area contributed by atoms with E-state index in [4.69, 9.17) is 4.74 Å². The van der Waals surface area contributed by atoms with Crippen molar-refractivity contribution in [3.8, 4) is 5.75 Å². The minimum Gasteiger partial charge on any atom is -0.427 e. The highest BCUT2D eigenvalue weighted by Gasteiger charge is 2.46. The lowest BCUT2D eigenvalue weighted by molar-refractivity contribution is -0.384. The Morgan fingerprint density at radius 1 is 1.00 bits per heavy atom. The van der Waals surface area contributed by atoms with E-state index in [1.165, 1.54) is 60.4 Å². The molecule has 1 saturated heterocycles. The first-order valence-electron chi connectivity index (χ1n) is 11.5. The third-order valence-electron chi connectivity index (χ3n) is 6.34. The number of nitro groups is 1. The van der Waals surface area contributed by atoms with Crippen LogP contribution in [0.1, 0.15) is 55.8 Å². The van der Waals surface area contributed by atoms with Crippen molar-refractivity contribution in [1.82, 2.24) is 4.90 Å². The number of amides is 3. The van der Waals surface area contributed by atoms with Crippen LogP contribution in [-0.2, 0) is 14.4 Å². The fourth-order valence-electron chi connectivity index (χ4n) is 4.73. The molecule has 0 aromatic heterocycles. The number of nitrogens with zero attached hydrogens (tertiary/aromatic N) is 3. The smallest absolute Gasteiger partial charge is 0.308 e. The quantitative estimate of drug-likeness (QED) is 0.203. The van der Waals surface area contributed by atoms with E-state index >= 15 is 0 Å². The zero-order valence-corrected chi connectivity index (χ0v) is 19.2. The van der Waals surface area contributed by atoms with Gasteiger partial charge in [-0.1, -0.05) is 19.3 Å². The Bertz CT molecular complexity index is 1150. The fourth-order valence-corrected chi connectivity index (χ4v) is 4.73. The molecule has 10 nitrogen and oxygen atoms in total. The number of nitro benzene ring substituents is 1.